The van der Waals surface area contributed by atoms with Crippen LogP contribution in [0.2, 0.25) is 0 Å². The number of benzene rings is 1. The van der Waals surface area contributed by atoms with Crippen molar-refractivity contribution in [3.8, 4) is 11.3 Å². The van der Waals surface area contributed by atoms with Crippen LogP contribution in [0.3, 0.4) is 0 Å². The molecule has 0 saturated carbocycles. The normalized spacial score (nSPS) is 21.8. The van der Waals surface area contributed by atoms with Crippen molar-refractivity contribution in [1.82, 2.24) is 4.90 Å². The first-order chi connectivity index (χ1) is 11.8. The molecule has 1 N–H and O–H groups in total. The predicted molar refractivity (Wildman–Crippen MR) is 99.6 cm³/mol. The van der Waals surface area contributed by atoms with E-state index in [1.54, 1.807) is 11.8 Å². The molecule has 0 fully saturated rings. The topological polar surface area (TPSA) is 28.4 Å². The zero-order chi connectivity index (χ0) is 16.5. The largest absolute Gasteiger partial charge is 0.464 e. The first-order valence-corrected chi connectivity index (χ1v) is 9.49. The average Bonchev–Trinajstić information content (AvgIpc) is 3.26. The molecule has 1 aromatic heterocycles. The summed E-state index contributed by atoms with van der Waals surface area (Å²) >= 11 is 0. The molecule has 0 unspecified atom stereocenters. The third kappa shape index (κ3) is 2.65. The summed E-state index contributed by atoms with van der Waals surface area (Å²) in [5.74, 6) is 1.66. The number of nitrogens with zero attached hydrogens (tertiary/aromatic N) is 1. The van der Waals surface area contributed by atoms with Gasteiger partial charge in [-0.05, 0) is 74.2 Å². The molecular formula is C21H28N2O. The minimum Gasteiger partial charge on any atom is -0.464 e. The van der Waals surface area contributed by atoms with Crippen molar-refractivity contribution in [2.45, 2.75) is 51.5 Å². The first-order valence-electron chi connectivity index (χ1n) is 9.49. The number of nitrogens with one attached hydrogen (secondary N) is 1. The first kappa shape index (κ1) is 15.8. The minimum absolute atomic E-state index is 0.653. The molecule has 3 nitrogen and oxygen atoms in total. The standard InChI is InChI=1S/C21H28N2O/c1-3-9-23(10-4-2)16-12-15-14-22-19-8-7-17(18(13-16)21(15)19)20-6-5-11-24-20/h5-8,11,15-16,22H,3-4,9-10,12-14H2,1-2H3/t15-,16-/m1/s1. The van der Waals surface area contributed by atoms with E-state index in [4.69, 9.17) is 4.42 Å². The Labute approximate surface area is 145 Å². The summed E-state index contributed by atoms with van der Waals surface area (Å²) in [6, 6.07) is 9.23. The second-order valence-electron chi connectivity index (χ2n) is 7.24. The van der Waals surface area contributed by atoms with Crippen LogP contribution in [0.4, 0.5) is 5.69 Å². The molecule has 2 aliphatic rings. The maximum atomic E-state index is 5.74. The van der Waals surface area contributed by atoms with Crippen molar-refractivity contribution >= 4 is 5.69 Å². The Morgan fingerprint density at radius 1 is 1.17 bits per heavy atom. The number of anilines is 1. The smallest absolute Gasteiger partial charge is 0.134 e. The van der Waals surface area contributed by atoms with E-state index < -0.39 is 0 Å². The van der Waals surface area contributed by atoms with Crippen molar-refractivity contribution in [1.29, 1.82) is 0 Å². The molecule has 0 bridgehead atoms. The molecular weight excluding hydrogens is 296 g/mol. The lowest BCUT2D eigenvalue weighted by Crippen LogP contribution is -2.41. The second-order valence-corrected chi connectivity index (χ2v) is 7.24. The molecule has 0 radical (unpaired) electrons. The molecule has 4 rings (SSSR count). The van der Waals surface area contributed by atoms with E-state index in [2.05, 4.69) is 42.3 Å². The van der Waals surface area contributed by atoms with E-state index >= 15 is 0 Å². The molecule has 1 aliphatic carbocycles. The van der Waals surface area contributed by atoms with E-state index in [1.165, 1.54) is 49.2 Å². The molecule has 0 saturated heterocycles. The summed E-state index contributed by atoms with van der Waals surface area (Å²) in [5, 5.41) is 3.63. The maximum absolute atomic E-state index is 5.74. The van der Waals surface area contributed by atoms with Crippen LogP contribution in [0.5, 0.6) is 0 Å². The van der Waals surface area contributed by atoms with Crippen LogP contribution in [0, 0.1) is 0 Å². The highest BCUT2D eigenvalue weighted by atomic mass is 16.3. The van der Waals surface area contributed by atoms with E-state index in [0.717, 1.165) is 18.7 Å². The van der Waals surface area contributed by atoms with Crippen molar-refractivity contribution in [3.05, 3.63) is 41.7 Å². The van der Waals surface area contributed by atoms with Crippen molar-refractivity contribution in [2.75, 3.05) is 25.0 Å². The Morgan fingerprint density at radius 2 is 2.00 bits per heavy atom. The fourth-order valence-electron chi connectivity index (χ4n) is 4.68. The zero-order valence-electron chi connectivity index (χ0n) is 14.8. The van der Waals surface area contributed by atoms with Crippen molar-refractivity contribution in [3.63, 3.8) is 0 Å². The fourth-order valence-corrected chi connectivity index (χ4v) is 4.68. The van der Waals surface area contributed by atoms with Crippen LogP contribution >= 0.6 is 0 Å². The lowest BCUT2D eigenvalue weighted by molar-refractivity contribution is 0.172. The SMILES string of the molecule is CCCN(CCC)[C@H]1Cc2c(-c3ccco3)ccc3c2[C@@H](CN3)C1. The number of hydrogen-bond donors (Lipinski definition) is 1. The number of hydrogen-bond acceptors (Lipinski definition) is 3. The van der Waals surface area contributed by atoms with Gasteiger partial charge < -0.3 is 14.6 Å². The van der Waals surface area contributed by atoms with E-state index in [0.29, 0.717) is 12.0 Å². The van der Waals surface area contributed by atoms with Gasteiger partial charge in [0, 0.05) is 29.8 Å². The molecule has 3 heteroatoms. The Balaban J connectivity index is 1.73. The number of rotatable bonds is 6. The molecule has 2 aromatic rings. The Morgan fingerprint density at radius 3 is 2.71 bits per heavy atom. The van der Waals surface area contributed by atoms with Crippen LogP contribution in [0.25, 0.3) is 11.3 Å². The van der Waals surface area contributed by atoms with Gasteiger partial charge in [-0.3, -0.25) is 0 Å². The van der Waals surface area contributed by atoms with E-state index in [1.807, 2.05) is 6.07 Å². The van der Waals surface area contributed by atoms with Crippen molar-refractivity contribution in [2.24, 2.45) is 0 Å². The van der Waals surface area contributed by atoms with Crippen LogP contribution < -0.4 is 5.32 Å². The highest BCUT2D eigenvalue weighted by molar-refractivity contribution is 5.74. The van der Waals surface area contributed by atoms with Crippen LogP contribution in [0.1, 0.15) is 50.2 Å². The fraction of sp³-hybridized carbons (Fsp3) is 0.524. The number of furan rings is 1. The van der Waals surface area contributed by atoms with Crippen LogP contribution in [-0.2, 0) is 6.42 Å². The molecule has 128 valence electrons. The summed E-state index contributed by atoms with van der Waals surface area (Å²) in [7, 11) is 0. The molecule has 2 heterocycles. The molecule has 2 atom stereocenters. The highest BCUT2D eigenvalue weighted by Crippen LogP contribution is 2.46. The Hall–Kier alpha value is -1.74. The molecule has 24 heavy (non-hydrogen) atoms. The van der Waals surface area contributed by atoms with E-state index in [9.17, 15) is 0 Å². The monoisotopic (exact) mass is 324 g/mol. The van der Waals surface area contributed by atoms with Gasteiger partial charge in [0.25, 0.3) is 0 Å². The zero-order valence-corrected chi connectivity index (χ0v) is 14.8. The van der Waals surface area contributed by atoms with Gasteiger partial charge in [-0.2, -0.15) is 0 Å². The van der Waals surface area contributed by atoms with E-state index in [-0.39, 0.29) is 0 Å². The maximum Gasteiger partial charge on any atom is 0.134 e. The summed E-state index contributed by atoms with van der Waals surface area (Å²) in [4.78, 5) is 2.72. The van der Waals surface area contributed by atoms with Gasteiger partial charge in [-0.15, -0.1) is 0 Å². The highest BCUT2D eigenvalue weighted by Gasteiger charge is 2.36. The lowest BCUT2D eigenvalue weighted by Gasteiger charge is -2.37. The van der Waals surface area contributed by atoms with Gasteiger partial charge in [0.15, 0.2) is 0 Å². The van der Waals surface area contributed by atoms with Gasteiger partial charge in [-0.25, -0.2) is 0 Å². The molecule has 1 aliphatic heterocycles. The lowest BCUT2D eigenvalue weighted by atomic mass is 9.78. The van der Waals surface area contributed by atoms with Gasteiger partial charge in [0.05, 0.1) is 6.26 Å². The van der Waals surface area contributed by atoms with Gasteiger partial charge in [-0.1, -0.05) is 13.8 Å². The van der Waals surface area contributed by atoms with Crippen LogP contribution in [-0.4, -0.2) is 30.6 Å². The summed E-state index contributed by atoms with van der Waals surface area (Å²) in [5.41, 5.74) is 5.73. The second kappa shape index (κ2) is 6.64. The third-order valence-electron chi connectivity index (χ3n) is 5.63. The minimum atomic E-state index is 0.653. The van der Waals surface area contributed by atoms with Gasteiger partial charge in [0.1, 0.15) is 5.76 Å². The molecule has 1 aromatic carbocycles. The summed E-state index contributed by atoms with van der Waals surface area (Å²) < 4.78 is 5.74. The molecule has 0 amide bonds. The quantitative estimate of drug-likeness (QED) is 0.820. The average molecular weight is 324 g/mol. The molecule has 0 spiro atoms. The predicted octanol–water partition coefficient (Wildman–Crippen LogP) is 4.89. The Kier molecular flexibility index (Phi) is 4.36. The Bertz CT molecular complexity index is 686. The van der Waals surface area contributed by atoms with Gasteiger partial charge >= 0.3 is 0 Å². The van der Waals surface area contributed by atoms with Crippen LogP contribution in [0.15, 0.2) is 34.9 Å². The summed E-state index contributed by atoms with van der Waals surface area (Å²) in [6.45, 7) is 8.10. The van der Waals surface area contributed by atoms with Gasteiger partial charge in [0.2, 0.25) is 0 Å². The third-order valence-corrected chi connectivity index (χ3v) is 5.63. The van der Waals surface area contributed by atoms with Crippen molar-refractivity contribution < 1.29 is 4.42 Å². The summed E-state index contributed by atoms with van der Waals surface area (Å²) in [6.07, 6.45) is 6.69.